The van der Waals surface area contributed by atoms with Gasteiger partial charge in [-0.05, 0) is 129 Å². The molecule has 11 atom stereocenters. The minimum Gasteiger partial charge on any atom is -0.481 e. The number of carbonyl (C=O) groups excluding carboxylic acids is 1. The molecule has 7 rings (SSSR count). The average Bonchev–Trinajstić information content (AvgIpc) is 3.00. The molecular formula is C44H69NO5. The minimum atomic E-state index is -0.833. The molecule has 0 saturated heterocycles. The summed E-state index contributed by atoms with van der Waals surface area (Å²) in [5, 5.41) is 7.42. The van der Waals surface area contributed by atoms with Crippen molar-refractivity contribution in [2.75, 3.05) is 20.7 Å². The van der Waals surface area contributed by atoms with Gasteiger partial charge in [-0.15, -0.1) is 0 Å². The van der Waals surface area contributed by atoms with Gasteiger partial charge < -0.3 is 19.5 Å². The number of hydrogen-bond donors (Lipinski definition) is 1. The van der Waals surface area contributed by atoms with E-state index in [1.165, 1.54) is 30.4 Å². The molecule has 0 aromatic heterocycles. The molecule has 1 aliphatic heterocycles. The maximum atomic E-state index is 14.8. The van der Waals surface area contributed by atoms with Crippen LogP contribution >= 0.6 is 0 Å². The van der Waals surface area contributed by atoms with Crippen molar-refractivity contribution >= 4 is 11.8 Å². The zero-order valence-electron chi connectivity index (χ0n) is 34.0. The summed E-state index contributed by atoms with van der Waals surface area (Å²) in [6.45, 7) is 28.1. The van der Waals surface area contributed by atoms with E-state index in [2.05, 4.69) is 119 Å². The first kappa shape index (κ1) is 39.1. The summed E-state index contributed by atoms with van der Waals surface area (Å²) in [5.41, 5.74) is 1.71. The Kier molecular flexibility index (Phi) is 10.2. The molecule has 7 aliphatic rings. The highest BCUT2D eigenvalue weighted by Gasteiger charge is 2.70. The molecule has 0 radical (unpaired) electrons. The molecule has 50 heavy (non-hydrogen) atoms. The van der Waals surface area contributed by atoms with Gasteiger partial charge in [0.25, 0.3) is 5.97 Å². The Morgan fingerprint density at radius 3 is 2.26 bits per heavy atom. The molecule has 3 fully saturated rings. The fraction of sp³-hybridized carbons (Fsp3) is 0.818. The Balaban J connectivity index is 0.00000115. The van der Waals surface area contributed by atoms with E-state index in [0.717, 1.165) is 39.2 Å². The molecule has 1 heterocycles. The van der Waals surface area contributed by atoms with E-state index in [0.29, 0.717) is 41.4 Å². The van der Waals surface area contributed by atoms with Crippen molar-refractivity contribution in [3.63, 3.8) is 0 Å². The number of carboxylic acid groups (broad SMARTS) is 1. The maximum Gasteiger partial charge on any atom is 0.300 e. The molecular weight excluding hydrogens is 622 g/mol. The topological polar surface area (TPSA) is 76.1 Å². The molecule has 6 aliphatic carbocycles. The molecule has 280 valence electrons. The van der Waals surface area contributed by atoms with Crippen LogP contribution in [0, 0.1) is 75.1 Å². The van der Waals surface area contributed by atoms with Gasteiger partial charge in [0.15, 0.2) is 5.78 Å². The van der Waals surface area contributed by atoms with Crippen LogP contribution in [-0.2, 0) is 19.1 Å². The van der Waals surface area contributed by atoms with Crippen LogP contribution in [0.5, 0.6) is 0 Å². The van der Waals surface area contributed by atoms with Crippen molar-refractivity contribution in [2.24, 2.45) is 63.1 Å². The van der Waals surface area contributed by atoms with Gasteiger partial charge in [-0.1, -0.05) is 80.9 Å². The predicted molar refractivity (Wildman–Crippen MR) is 201 cm³/mol. The van der Waals surface area contributed by atoms with Crippen LogP contribution < -0.4 is 0 Å². The number of allylic oxidation sites excluding steroid dienone is 3. The van der Waals surface area contributed by atoms with Crippen LogP contribution in [-0.4, -0.2) is 59.7 Å². The van der Waals surface area contributed by atoms with Gasteiger partial charge in [0.05, 0.1) is 12.7 Å². The van der Waals surface area contributed by atoms with Crippen LogP contribution in [0.3, 0.4) is 0 Å². The zero-order valence-corrected chi connectivity index (χ0v) is 34.0. The number of nitrogens with zero attached hydrogens (tertiary/aromatic N) is 1. The molecule has 6 unspecified atom stereocenters. The van der Waals surface area contributed by atoms with Gasteiger partial charge in [-0.2, -0.15) is 0 Å². The quantitative estimate of drug-likeness (QED) is 0.192. The molecule has 0 aromatic carbocycles. The number of likely N-dealkylation sites (N-methyl/N-ethyl adjacent to an activating group) is 1. The number of ether oxygens (including phenoxy) is 2. The third-order valence-corrected chi connectivity index (χ3v) is 16.3. The number of hydrogen-bond acceptors (Lipinski definition) is 5. The first-order chi connectivity index (χ1) is 23.1. The molecule has 4 bridgehead atoms. The number of carboxylic acids is 1. The van der Waals surface area contributed by atoms with Gasteiger partial charge in [0.1, 0.15) is 17.1 Å². The monoisotopic (exact) mass is 692 g/mol. The van der Waals surface area contributed by atoms with E-state index in [9.17, 15) is 4.79 Å². The second-order valence-electron chi connectivity index (χ2n) is 19.5. The Hall–Kier alpha value is -2.10. The van der Waals surface area contributed by atoms with Crippen LogP contribution in [0.2, 0.25) is 0 Å². The smallest absolute Gasteiger partial charge is 0.300 e. The van der Waals surface area contributed by atoms with Crippen molar-refractivity contribution in [2.45, 2.75) is 145 Å². The molecule has 0 aromatic rings. The Morgan fingerprint density at radius 2 is 1.72 bits per heavy atom. The van der Waals surface area contributed by atoms with E-state index in [4.69, 9.17) is 19.4 Å². The lowest BCUT2D eigenvalue weighted by molar-refractivity contribution is -0.179. The number of carbonyl (C=O) groups is 2. The normalized spacial score (nSPS) is 41.6. The van der Waals surface area contributed by atoms with Crippen LogP contribution in [0.1, 0.15) is 128 Å². The van der Waals surface area contributed by atoms with Gasteiger partial charge in [0.2, 0.25) is 0 Å². The van der Waals surface area contributed by atoms with Gasteiger partial charge >= 0.3 is 0 Å². The third-order valence-electron chi connectivity index (χ3n) is 16.3. The summed E-state index contributed by atoms with van der Waals surface area (Å²) in [7, 11) is 4.39. The Morgan fingerprint density at radius 1 is 1.10 bits per heavy atom. The Labute approximate surface area is 304 Å². The summed E-state index contributed by atoms with van der Waals surface area (Å²) < 4.78 is 13.6. The summed E-state index contributed by atoms with van der Waals surface area (Å²) in [4.78, 5) is 26.2. The van der Waals surface area contributed by atoms with Crippen LogP contribution in [0.4, 0.5) is 0 Å². The van der Waals surface area contributed by atoms with Crippen molar-refractivity contribution in [3.8, 4) is 12.0 Å². The van der Waals surface area contributed by atoms with E-state index in [-0.39, 0.29) is 39.3 Å². The molecule has 6 nitrogen and oxygen atoms in total. The van der Waals surface area contributed by atoms with Crippen molar-refractivity contribution in [3.05, 3.63) is 23.3 Å². The van der Waals surface area contributed by atoms with E-state index in [1.807, 2.05) is 0 Å². The lowest BCUT2D eigenvalue weighted by Gasteiger charge is -2.67. The van der Waals surface area contributed by atoms with E-state index in [1.54, 1.807) is 0 Å². The molecule has 0 amide bonds. The first-order valence-corrected chi connectivity index (χ1v) is 19.7. The highest BCUT2D eigenvalue weighted by Crippen LogP contribution is 2.72. The fourth-order valence-corrected chi connectivity index (χ4v) is 11.9. The maximum absolute atomic E-state index is 14.8. The van der Waals surface area contributed by atoms with Crippen LogP contribution in [0.25, 0.3) is 0 Å². The lowest BCUT2D eigenvalue weighted by atomic mass is 9.37. The largest absolute Gasteiger partial charge is 0.481 e. The minimum absolute atomic E-state index is 0.0218. The predicted octanol–water partition coefficient (Wildman–Crippen LogP) is 9.19. The molecule has 1 N–H and O–H groups in total. The highest BCUT2D eigenvalue weighted by molar-refractivity contribution is 6.00. The van der Waals surface area contributed by atoms with E-state index >= 15 is 0 Å². The van der Waals surface area contributed by atoms with Crippen LogP contribution in [0.15, 0.2) is 23.3 Å². The number of ketones is 1. The summed E-state index contributed by atoms with van der Waals surface area (Å²) in [6.07, 6.45) is 15.4. The number of aliphatic carboxylic acids is 1. The number of fused-ring (bicyclic) bond motifs is 5. The highest BCUT2D eigenvalue weighted by atomic mass is 16.5. The second-order valence-corrected chi connectivity index (χ2v) is 19.5. The first-order valence-electron chi connectivity index (χ1n) is 19.7. The summed E-state index contributed by atoms with van der Waals surface area (Å²) in [5.74, 6) is 6.14. The SMILES string of the molecule is CC(=O)O.CC(C)[C@@H](C)[C@]12CCC3(C)C4CCC([C@]5(C)CC6C=C(C6)C5OCC(C)(C(C)C)N(C)C)[C@](C)(C(C)C)C4=CC(=O)[C@@]3(C#CO1)C2. The van der Waals surface area contributed by atoms with Crippen molar-refractivity contribution < 1.29 is 24.2 Å². The standard InChI is InChI=1S/C42H65NO3.C2H4O2/c1-26(2)29(7)42-17-16-38(9)32-14-15-34(40(11,28(5)6)33(32)22-35(44)41(38,24-42)18-19-46-42)37(8)23-30-20-31(21-30)36(37)45-25-39(10,27(3)4)43(12)13;1-2(3)4/h20,22,26-30,32,34,36H,14-17,21,23-25H2,1-13H3;1H3,(H,3,4)/t29-,30?,32?,34?,36?,37+,38?,39?,40-,41-,42-;/m1./s1. The van der Waals surface area contributed by atoms with Gasteiger partial charge in [-0.25, -0.2) is 0 Å². The van der Waals surface area contributed by atoms with Crippen molar-refractivity contribution in [1.29, 1.82) is 0 Å². The van der Waals surface area contributed by atoms with Gasteiger partial charge in [-0.3, -0.25) is 9.59 Å². The molecule has 3 saturated carbocycles. The third kappa shape index (κ3) is 5.66. The number of rotatable bonds is 9. The Bertz CT molecular complexity index is 1470. The molecule has 1 spiro atoms. The average molecular weight is 692 g/mol. The van der Waals surface area contributed by atoms with E-state index < -0.39 is 11.4 Å². The lowest BCUT2D eigenvalue weighted by Crippen LogP contribution is -2.66. The van der Waals surface area contributed by atoms with Crippen molar-refractivity contribution in [1.82, 2.24) is 4.90 Å². The molecule has 6 heteroatoms. The fourth-order valence-electron chi connectivity index (χ4n) is 11.9. The summed E-state index contributed by atoms with van der Waals surface area (Å²) >= 11 is 0. The summed E-state index contributed by atoms with van der Waals surface area (Å²) in [6, 6.07) is 0. The second kappa shape index (κ2) is 13.1. The zero-order chi connectivity index (χ0) is 37.4. The van der Waals surface area contributed by atoms with Gasteiger partial charge in [0, 0.05) is 24.3 Å².